The van der Waals surface area contributed by atoms with Crippen LogP contribution in [0.5, 0.6) is 0 Å². The van der Waals surface area contributed by atoms with Crippen molar-refractivity contribution in [2.75, 3.05) is 10.8 Å². The van der Waals surface area contributed by atoms with Crippen LogP contribution in [0.15, 0.2) is 83.8 Å². The van der Waals surface area contributed by atoms with Gasteiger partial charge >= 0.3 is 0 Å². The number of benzene rings is 3. The summed E-state index contributed by atoms with van der Waals surface area (Å²) in [5.74, 6) is -0.414. The van der Waals surface area contributed by atoms with E-state index in [0.29, 0.717) is 10.7 Å². The van der Waals surface area contributed by atoms with E-state index >= 15 is 0 Å². The number of carbonyl (C=O) groups excluding carboxylic acids is 1. The van der Waals surface area contributed by atoms with Crippen LogP contribution in [-0.2, 0) is 14.8 Å². The number of aryl methyl sites for hydroxylation is 1. The summed E-state index contributed by atoms with van der Waals surface area (Å²) in [7, 11) is -3.96. The molecule has 0 aliphatic rings. The van der Waals surface area contributed by atoms with Crippen molar-refractivity contribution in [3.05, 3.63) is 95.0 Å². The minimum absolute atomic E-state index is 0.101. The second kappa shape index (κ2) is 9.32. The van der Waals surface area contributed by atoms with Gasteiger partial charge in [-0.2, -0.15) is 0 Å². The third-order valence-corrected chi connectivity index (χ3v) is 6.69. The maximum atomic E-state index is 13.3. The highest BCUT2D eigenvalue weighted by Gasteiger charge is 2.27. The van der Waals surface area contributed by atoms with E-state index in [0.717, 1.165) is 15.4 Å². The average molecular weight is 443 g/mol. The predicted molar refractivity (Wildman–Crippen MR) is 120 cm³/mol. The second-order valence-electron chi connectivity index (χ2n) is 7.00. The number of hydrogen-bond donors (Lipinski definition) is 1. The quantitative estimate of drug-likeness (QED) is 0.575. The number of sulfonamides is 1. The van der Waals surface area contributed by atoms with Gasteiger partial charge in [0, 0.05) is 5.02 Å². The van der Waals surface area contributed by atoms with Gasteiger partial charge in [-0.3, -0.25) is 9.10 Å². The van der Waals surface area contributed by atoms with Crippen LogP contribution in [0.2, 0.25) is 5.02 Å². The minimum Gasteiger partial charge on any atom is -0.348 e. The van der Waals surface area contributed by atoms with Crippen molar-refractivity contribution in [1.82, 2.24) is 5.32 Å². The fourth-order valence-electron chi connectivity index (χ4n) is 3.02. The lowest BCUT2D eigenvalue weighted by Gasteiger charge is -2.25. The smallest absolute Gasteiger partial charge is 0.264 e. The highest BCUT2D eigenvalue weighted by Crippen LogP contribution is 2.26. The Balaban J connectivity index is 1.87. The van der Waals surface area contributed by atoms with Crippen molar-refractivity contribution < 1.29 is 13.2 Å². The van der Waals surface area contributed by atoms with Crippen LogP contribution >= 0.6 is 11.6 Å². The van der Waals surface area contributed by atoms with Crippen molar-refractivity contribution in [2.45, 2.75) is 24.8 Å². The van der Waals surface area contributed by atoms with Crippen LogP contribution in [0.3, 0.4) is 0 Å². The van der Waals surface area contributed by atoms with E-state index in [1.165, 1.54) is 18.2 Å². The molecule has 3 rings (SSSR count). The Kier molecular flexibility index (Phi) is 6.80. The van der Waals surface area contributed by atoms with Gasteiger partial charge in [-0.25, -0.2) is 8.42 Å². The lowest BCUT2D eigenvalue weighted by Crippen LogP contribution is -2.41. The molecule has 5 nitrogen and oxygen atoms in total. The van der Waals surface area contributed by atoms with Gasteiger partial charge in [0.05, 0.1) is 16.6 Å². The largest absolute Gasteiger partial charge is 0.348 e. The minimum atomic E-state index is -3.96. The number of halogens is 1. The lowest BCUT2D eigenvalue weighted by atomic mass is 10.1. The molecule has 1 atom stereocenters. The van der Waals surface area contributed by atoms with Crippen LogP contribution in [0, 0.1) is 6.92 Å². The number of nitrogens with zero attached hydrogens (tertiary/aromatic N) is 1. The van der Waals surface area contributed by atoms with Gasteiger partial charge in [0.2, 0.25) is 5.91 Å². The second-order valence-corrected chi connectivity index (χ2v) is 9.30. The highest BCUT2D eigenvalue weighted by molar-refractivity contribution is 7.92. The SMILES string of the molecule is Cc1ccc([C@@H](C)NC(=O)CN(c2cccc(Cl)c2)S(=O)(=O)c2ccccc2)cc1. The third kappa shape index (κ3) is 5.20. The molecule has 0 fully saturated rings. The molecule has 0 aromatic heterocycles. The Morgan fingerprint density at radius 3 is 2.30 bits per heavy atom. The normalized spacial score (nSPS) is 12.2. The average Bonchev–Trinajstić information content (AvgIpc) is 2.73. The van der Waals surface area contributed by atoms with Crippen LogP contribution in [-0.4, -0.2) is 20.9 Å². The Bertz CT molecular complexity index is 1120. The molecule has 1 amide bonds. The van der Waals surface area contributed by atoms with Gasteiger partial charge in [-0.05, 0) is 49.7 Å². The van der Waals surface area contributed by atoms with E-state index in [-0.39, 0.29) is 17.5 Å². The zero-order valence-electron chi connectivity index (χ0n) is 16.7. The summed E-state index contributed by atoms with van der Waals surface area (Å²) in [6.45, 7) is 3.48. The summed E-state index contributed by atoms with van der Waals surface area (Å²) in [5, 5.41) is 3.26. The number of hydrogen-bond acceptors (Lipinski definition) is 3. The maximum absolute atomic E-state index is 13.3. The molecule has 156 valence electrons. The van der Waals surface area contributed by atoms with E-state index in [9.17, 15) is 13.2 Å². The molecule has 0 bridgehead atoms. The topological polar surface area (TPSA) is 66.5 Å². The molecule has 0 aliphatic heterocycles. The Morgan fingerprint density at radius 2 is 1.67 bits per heavy atom. The molecule has 7 heteroatoms. The summed E-state index contributed by atoms with van der Waals surface area (Å²) in [4.78, 5) is 12.9. The number of nitrogens with one attached hydrogen (secondary N) is 1. The van der Waals surface area contributed by atoms with E-state index < -0.39 is 15.9 Å². The van der Waals surface area contributed by atoms with Gasteiger partial charge in [-0.1, -0.05) is 65.7 Å². The van der Waals surface area contributed by atoms with Gasteiger partial charge in [-0.15, -0.1) is 0 Å². The fourth-order valence-corrected chi connectivity index (χ4v) is 4.64. The zero-order valence-corrected chi connectivity index (χ0v) is 18.3. The molecule has 0 spiro atoms. The standard InChI is InChI=1S/C23H23ClN2O3S/c1-17-11-13-19(14-12-17)18(2)25-23(27)16-26(21-8-6-7-20(24)15-21)30(28,29)22-9-4-3-5-10-22/h3-15,18H,16H2,1-2H3,(H,25,27)/t18-/m1/s1. The Labute approximate surface area is 182 Å². The van der Waals surface area contributed by atoms with Crippen LogP contribution in [0.25, 0.3) is 0 Å². The first-order chi connectivity index (χ1) is 14.3. The van der Waals surface area contributed by atoms with E-state index in [1.807, 2.05) is 38.1 Å². The van der Waals surface area contributed by atoms with Gasteiger partial charge in [0.25, 0.3) is 10.0 Å². The number of anilines is 1. The predicted octanol–water partition coefficient (Wildman–Crippen LogP) is 4.72. The maximum Gasteiger partial charge on any atom is 0.264 e. The summed E-state index contributed by atoms with van der Waals surface area (Å²) in [6.07, 6.45) is 0. The molecule has 0 saturated heterocycles. The monoisotopic (exact) mass is 442 g/mol. The first-order valence-electron chi connectivity index (χ1n) is 9.46. The Morgan fingerprint density at radius 1 is 1.00 bits per heavy atom. The first kappa shape index (κ1) is 21.9. The van der Waals surface area contributed by atoms with Crippen molar-refractivity contribution in [2.24, 2.45) is 0 Å². The van der Waals surface area contributed by atoms with E-state index in [1.54, 1.807) is 36.4 Å². The lowest BCUT2D eigenvalue weighted by molar-refractivity contribution is -0.120. The summed E-state index contributed by atoms with van der Waals surface area (Å²) < 4.78 is 27.6. The third-order valence-electron chi connectivity index (χ3n) is 4.67. The van der Waals surface area contributed by atoms with Crippen LogP contribution < -0.4 is 9.62 Å². The van der Waals surface area contributed by atoms with Gasteiger partial charge < -0.3 is 5.32 Å². The number of amides is 1. The molecule has 0 unspecified atom stereocenters. The molecule has 0 aliphatic carbocycles. The van der Waals surface area contributed by atoms with E-state index in [4.69, 9.17) is 11.6 Å². The Hall–Kier alpha value is -2.83. The zero-order chi connectivity index (χ0) is 21.7. The molecule has 0 radical (unpaired) electrons. The van der Waals surface area contributed by atoms with Gasteiger partial charge in [0.15, 0.2) is 0 Å². The molecule has 0 saturated carbocycles. The van der Waals surface area contributed by atoms with Crippen molar-refractivity contribution in [1.29, 1.82) is 0 Å². The molecule has 3 aromatic carbocycles. The van der Waals surface area contributed by atoms with Crippen LogP contribution in [0.1, 0.15) is 24.1 Å². The molecule has 3 aromatic rings. The summed E-state index contributed by atoms with van der Waals surface area (Å²) >= 11 is 6.08. The van der Waals surface area contributed by atoms with Gasteiger partial charge in [0.1, 0.15) is 6.54 Å². The fraction of sp³-hybridized carbons (Fsp3) is 0.174. The number of carbonyl (C=O) groups is 1. The summed E-state index contributed by atoms with van der Waals surface area (Å²) in [6, 6.07) is 22.0. The van der Waals surface area contributed by atoms with Crippen LogP contribution in [0.4, 0.5) is 5.69 Å². The van der Waals surface area contributed by atoms with Crippen molar-refractivity contribution in [3.63, 3.8) is 0 Å². The molecular weight excluding hydrogens is 420 g/mol. The van der Waals surface area contributed by atoms with Crippen molar-refractivity contribution >= 4 is 33.2 Å². The molecule has 30 heavy (non-hydrogen) atoms. The molecule has 1 N–H and O–H groups in total. The highest BCUT2D eigenvalue weighted by atomic mass is 35.5. The summed E-state index contributed by atoms with van der Waals surface area (Å²) in [5.41, 5.74) is 2.39. The molecule has 0 heterocycles. The van der Waals surface area contributed by atoms with E-state index in [2.05, 4.69) is 5.32 Å². The molecular formula is C23H23ClN2O3S. The number of rotatable bonds is 7. The van der Waals surface area contributed by atoms with Crippen molar-refractivity contribution in [3.8, 4) is 0 Å². The first-order valence-corrected chi connectivity index (χ1v) is 11.3.